The van der Waals surface area contributed by atoms with Crippen molar-refractivity contribution in [2.75, 3.05) is 5.32 Å². The van der Waals surface area contributed by atoms with E-state index in [9.17, 15) is 0 Å². The standard InChI is InChI=1S/C35H35N/c1-5-7-12-25(11-6-2)26-17-20-29(21-18-26)36-30-14-10-13-27(23-30)28-19-22-34-32(24-28)31-15-8-9-16-33(31)35(34,3)4/h7-24,36H,5-6H2,1-4H3/b12-7-,25-11+. The first-order valence-corrected chi connectivity index (χ1v) is 13.1. The quantitative estimate of drug-likeness (QED) is 0.265. The minimum Gasteiger partial charge on any atom is -0.356 e. The smallest absolute Gasteiger partial charge is 0.0390 e. The van der Waals surface area contributed by atoms with Crippen LogP contribution in [0, 0.1) is 0 Å². The minimum absolute atomic E-state index is 0.0402. The van der Waals surface area contributed by atoms with Crippen LogP contribution in [-0.4, -0.2) is 0 Å². The molecule has 1 nitrogen and oxygen atoms in total. The second-order valence-corrected chi connectivity index (χ2v) is 10.1. The Labute approximate surface area is 216 Å². The van der Waals surface area contributed by atoms with Gasteiger partial charge >= 0.3 is 0 Å². The van der Waals surface area contributed by atoms with E-state index in [0.29, 0.717) is 0 Å². The highest BCUT2D eigenvalue weighted by molar-refractivity contribution is 5.85. The summed E-state index contributed by atoms with van der Waals surface area (Å²) in [5, 5.41) is 3.60. The summed E-state index contributed by atoms with van der Waals surface area (Å²) >= 11 is 0. The third-order valence-corrected chi connectivity index (χ3v) is 7.24. The van der Waals surface area contributed by atoms with Crippen molar-refractivity contribution in [3.05, 3.63) is 126 Å². The molecule has 5 rings (SSSR count). The van der Waals surface area contributed by atoms with E-state index >= 15 is 0 Å². The molecule has 0 aromatic heterocycles. The molecule has 1 N–H and O–H groups in total. The van der Waals surface area contributed by atoms with Gasteiger partial charge in [-0.05, 0) is 87.7 Å². The number of fused-ring (bicyclic) bond motifs is 3. The lowest BCUT2D eigenvalue weighted by Crippen LogP contribution is -2.14. The van der Waals surface area contributed by atoms with E-state index in [1.807, 2.05) is 0 Å². The Kier molecular flexibility index (Phi) is 6.65. The van der Waals surface area contributed by atoms with E-state index in [4.69, 9.17) is 0 Å². The van der Waals surface area contributed by atoms with Gasteiger partial charge in [-0.2, -0.15) is 0 Å². The monoisotopic (exact) mass is 469 g/mol. The predicted octanol–water partition coefficient (Wildman–Crippen LogP) is 10.2. The molecule has 4 aromatic rings. The Morgan fingerprint density at radius 3 is 2.22 bits per heavy atom. The minimum atomic E-state index is 0.0402. The molecule has 0 bridgehead atoms. The molecule has 0 atom stereocenters. The fourth-order valence-electron chi connectivity index (χ4n) is 5.34. The van der Waals surface area contributed by atoms with Crippen LogP contribution in [-0.2, 0) is 5.41 Å². The Bertz CT molecular complexity index is 1430. The number of hydrogen-bond acceptors (Lipinski definition) is 1. The molecule has 180 valence electrons. The van der Waals surface area contributed by atoms with Gasteiger partial charge in [0.2, 0.25) is 0 Å². The van der Waals surface area contributed by atoms with E-state index in [0.717, 1.165) is 24.2 Å². The van der Waals surface area contributed by atoms with E-state index < -0.39 is 0 Å². The fourth-order valence-corrected chi connectivity index (χ4v) is 5.34. The van der Waals surface area contributed by atoms with E-state index in [-0.39, 0.29) is 5.41 Å². The zero-order valence-electron chi connectivity index (χ0n) is 21.8. The molecule has 0 heterocycles. The summed E-state index contributed by atoms with van der Waals surface area (Å²) in [5.41, 5.74) is 12.8. The van der Waals surface area contributed by atoms with Crippen molar-refractivity contribution in [3.8, 4) is 22.3 Å². The van der Waals surface area contributed by atoms with Crippen LogP contribution in [0.2, 0.25) is 0 Å². The molecule has 1 aliphatic rings. The van der Waals surface area contributed by atoms with Crippen molar-refractivity contribution in [2.24, 2.45) is 0 Å². The Balaban J connectivity index is 1.40. The van der Waals surface area contributed by atoms with Gasteiger partial charge in [0.25, 0.3) is 0 Å². The van der Waals surface area contributed by atoms with Crippen molar-refractivity contribution in [3.63, 3.8) is 0 Å². The molecular formula is C35H35N. The van der Waals surface area contributed by atoms with Gasteiger partial charge in [-0.15, -0.1) is 0 Å². The van der Waals surface area contributed by atoms with E-state index in [1.54, 1.807) is 0 Å². The average Bonchev–Trinajstić information content (AvgIpc) is 3.14. The maximum absolute atomic E-state index is 3.60. The van der Waals surface area contributed by atoms with Gasteiger partial charge < -0.3 is 5.32 Å². The molecule has 4 aromatic carbocycles. The van der Waals surface area contributed by atoms with Crippen LogP contribution >= 0.6 is 0 Å². The van der Waals surface area contributed by atoms with E-state index in [1.165, 1.54) is 44.5 Å². The van der Waals surface area contributed by atoms with Gasteiger partial charge in [0.1, 0.15) is 0 Å². The Hall–Kier alpha value is -3.84. The molecule has 1 aliphatic carbocycles. The number of anilines is 2. The average molecular weight is 470 g/mol. The Morgan fingerprint density at radius 2 is 1.44 bits per heavy atom. The second kappa shape index (κ2) is 10.0. The molecule has 0 spiro atoms. The van der Waals surface area contributed by atoms with Gasteiger partial charge in [-0.1, -0.05) is 107 Å². The summed E-state index contributed by atoms with van der Waals surface area (Å²) in [6.45, 7) is 9.01. The number of benzene rings is 4. The molecule has 0 saturated heterocycles. The number of allylic oxidation sites excluding steroid dienone is 4. The molecule has 0 unspecified atom stereocenters. The van der Waals surface area contributed by atoms with Crippen molar-refractivity contribution in [2.45, 2.75) is 46.0 Å². The number of rotatable bonds is 7. The van der Waals surface area contributed by atoms with Crippen LogP contribution in [0.15, 0.2) is 109 Å². The highest BCUT2D eigenvalue weighted by Crippen LogP contribution is 2.49. The second-order valence-electron chi connectivity index (χ2n) is 10.1. The maximum Gasteiger partial charge on any atom is 0.0390 e. The first-order chi connectivity index (χ1) is 17.5. The molecule has 0 fully saturated rings. The van der Waals surface area contributed by atoms with Gasteiger partial charge in [0.05, 0.1) is 0 Å². The molecule has 0 radical (unpaired) electrons. The molecule has 1 heteroatoms. The molecule has 0 aliphatic heterocycles. The SMILES string of the molecule is CC/C=C\C(=C/CC)c1ccc(Nc2cccc(-c3ccc4c(c3)-c3ccccc3C4(C)C)c2)cc1. The lowest BCUT2D eigenvalue weighted by molar-refractivity contribution is 0.660. The lowest BCUT2D eigenvalue weighted by Gasteiger charge is -2.21. The summed E-state index contributed by atoms with van der Waals surface area (Å²) < 4.78 is 0. The van der Waals surface area contributed by atoms with Crippen LogP contribution in [0.5, 0.6) is 0 Å². The van der Waals surface area contributed by atoms with Crippen LogP contribution in [0.3, 0.4) is 0 Å². The topological polar surface area (TPSA) is 12.0 Å². The third-order valence-electron chi connectivity index (χ3n) is 7.24. The van der Waals surface area contributed by atoms with Crippen LogP contribution in [0.4, 0.5) is 11.4 Å². The van der Waals surface area contributed by atoms with Gasteiger partial charge in [-0.25, -0.2) is 0 Å². The highest BCUT2D eigenvalue weighted by atomic mass is 14.9. The van der Waals surface area contributed by atoms with Crippen molar-refractivity contribution in [1.82, 2.24) is 0 Å². The zero-order valence-corrected chi connectivity index (χ0v) is 21.8. The zero-order chi connectivity index (χ0) is 25.1. The Morgan fingerprint density at radius 1 is 0.694 bits per heavy atom. The van der Waals surface area contributed by atoms with Crippen molar-refractivity contribution >= 4 is 16.9 Å². The summed E-state index contributed by atoms with van der Waals surface area (Å²) in [5.74, 6) is 0. The predicted molar refractivity (Wildman–Crippen MR) is 157 cm³/mol. The summed E-state index contributed by atoms with van der Waals surface area (Å²) in [4.78, 5) is 0. The summed E-state index contributed by atoms with van der Waals surface area (Å²) in [6, 6.07) is 33.2. The van der Waals surface area contributed by atoms with Crippen LogP contribution in [0.1, 0.15) is 57.2 Å². The molecular weight excluding hydrogens is 434 g/mol. The highest BCUT2D eigenvalue weighted by Gasteiger charge is 2.35. The summed E-state index contributed by atoms with van der Waals surface area (Å²) in [7, 11) is 0. The first-order valence-electron chi connectivity index (χ1n) is 13.1. The van der Waals surface area contributed by atoms with Gasteiger partial charge in [0, 0.05) is 16.8 Å². The molecule has 0 amide bonds. The van der Waals surface area contributed by atoms with Crippen LogP contribution < -0.4 is 5.32 Å². The molecule has 36 heavy (non-hydrogen) atoms. The third kappa shape index (κ3) is 4.54. The fraction of sp³-hybridized carbons (Fsp3) is 0.200. The van der Waals surface area contributed by atoms with E-state index in [2.05, 4.69) is 142 Å². The normalized spacial score (nSPS) is 14.1. The van der Waals surface area contributed by atoms with Crippen molar-refractivity contribution in [1.29, 1.82) is 0 Å². The number of nitrogens with one attached hydrogen (secondary N) is 1. The van der Waals surface area contributed by atoms with Crippen molar-refractivity contribution < 1.29 is 0 Å². The maximum atomic E-state index is 3.60. The first kappa shape index (κ1) is 23.9. The van der Waals surface area contributed by atoms with Gasteiger partial charge in [-0.3, -0.25) is 0 Å². The number of hydrogen-bond donors (Lipinski definition) is 1. The molecule has 0 saturated carbocycles. The lowest BCUT2D eigenvalue weighted by atomic mass is 9.82. The summed E-state index contributed by atoms with van der Waals surface area (Å²) in [6.07, 6.45) is 8.81. The van der Waals surface area contributed by atoms with Gasteiger partial charge in [0.15, 0.2) is 0 Å². The van der Waals surface area contributed by atoms with Crippen LogP contribution in [0.25, 0.3) is 27.8 Å². The largest absolute Gasteiger partial charge is 0.356 e.